The van der Waals surface area contributed by atoms with Crippen molar-refractivity contribution in [1.29, 1.82) is 0 Å². The fourth-order valence-electron chi connectivity index (χ4n) is 1.41. The van der Waals surface area contributed by atoms with Crippen LogP contribution < -0.4 is 16.8 Å². The van der Waals surface area contributed by atoms with Crippen molar-refractivity contribution in [2.75, 3.05) is 6.61 Å². The first-order valence-corrected chi connectivity index (χ1v) is 5.26. The van der Waals surface area contributed by atoms with Gasteiger partial charge in [-0.1, -0.05) is 6.07 Å². The van der Waals surface area contributed by atoms with Crippen molar-refractivity contribution in [3.63, 3.8) is 0 Å². The Morgan fingerprint density at radius 3 is 2.95 bits per heavy atom. The molecule has 0 fully saturated rings. The summed E-state index contributed by atoms with van der Waals surface area (Å²) in [5.74, 6) is -1.54. The highest BCUT2D eigenvalue weighted by molar-refractivity contribution is 5.93. The minimum absolute atomic E-state index is 0.201. The summed E-state index contributed by atoms with van der Waals surface area (Å²) in [7, 11) is 0. The standard InChI is InChI=1S/C11H10N4O4/c12-8(16)6-19-14-10(17)7-5-13-9-3-1-2-4-15(9)11(7)18/h1-5H,6H2,(H2,12,16)(H,14,17). The predicted octanol–water partition coefficient (Wildman–Crippen LogP) is -1.16. The first kappa shape index (κ1) is 12.7. The molecule has 0 radical (unpaired) electrons. The SMILES string of the molecule is NC(=O)CONC(=O)c1cnc2ccccn2c1=O. The van der Waals surface area contributed by atoms with Crippen molar-refractivity contribution < 1.29 is 14.4 Å². The second kappa shape index (κ2) is 5.27. The van der Waals surface area contributed by atoms with Crippen molar-refractivity contribution in [3.05, 3.63) is 46.5 Å². The Morgan fingerprint density at radius 2 is 2.21 bits per heavy atom. The van der Waals surface area contributed by atoms with Crippen molar-refractivity contribution in [2.24, 2.45) is 5.73 Å². The van der Waals surface area contributed by atoms with Gasteiger partial charge in [0, 0.05) is 12.4 Å². The van der Waals surface area contributed by atoms with Crippen LogP contribution in [0.4, 0.5) is 0 Å². The Hall–Kier alpha value is -2.74. The average Bonchev–Trinajstić information content (AvgIpc) is 2.39. The van der Waals surface area contributed by atoms with E-state index in [4.69, 9.17) is 5.73 Å². The molecule has 0 atom stereocenters. The zero-order valence-electron chi connectivity index (χ0n) is 9.70. The molecule has 0 unspecified atom stereocenters. The van der Waals surface area contributed by atoms with Gasteiger partial charge in [0.25, 0.3) is 11.5 Å². The normalized spacial score (nSPS) is 10.3. The highest BCUT2D eigenvalue weighted by Gasteiger charge is 2.13. The molecular weight excluding hydrogens is 252 g/mol. The molecule has 0 bridgehead atoms. The molecule has 0 saturated carbocycles. The summed E-state index contributed by atoms with van der Waals surface area (Å²) in [5.41, 5.74) is 6.45. The summed E-state index contributed by atoms with van der Waals surface area (Å²) in [6.45, 7) is -0.478. The lowest BCUT2D eigenvalue weighted by Gasteiger charge is -2.05. The molecule has 0 aliphatic heterocycles. The molecule has 3 N–H and O–H groups in total. The number of hydrogen-bond acceptors (Lipinski definition) is 5. The summed E-state index contributed by atoms with van der Waals surface area (Å²) in [6, 6.07) is 4.99. The Bertz CT molecular complexity index is 694. The van der Waals surface area contributed by atoms with Crippen molar-refractivity contribution in [3.8, 4) is 0 Å². The minimum atomic E-state index is -0.794. The summed E-state index contributed by atoms with van der Waals surface area (Å²) < 4.78 is 1.23. The van der Waals surface area contributed by atoms with Gasteiger partial charge in [0.2, 0.25) is 5.91 Å². The van der Waals surface area contributed by atoms with Crippen LogP contribution in [-0.4, -0.2) is 27.8 Å². The number of hydroxylamine groups is 1. The third-order valence-electron chi connectivity index (χ3n) is 2.24. The van der Waals surface area contributed by atoms with E-state index in [0.717, 1.165) is 6.20 Å². The first-order valence-electron chi connectivity index (χ1n) is 5.26. The van der Waals surface area contributed by atoms with Crippen LogP contribution in [0.2, 0.25) is 0 Å². The molecule has 0 aliphatic carbocycles. The van der Waals surface area contributed by atoms with Gasteiger partial charge in [-0.2, -0.15) is 0 Å². The summed E-state index contributed by atoms with van der Waals surface area (Å²) in [4.78, 5) is 42.5. The van der Waals surface area contributed by atoms with E-state index in [9.17, 15) is 14.4 Å². The zero-order valence-corrected chi connectivity index (χ0v) is 9.70. The van der Waals surface area contributed by atoms with Crippen LogP contribution in [-0.2, 0) is 9.63 Å². The lowest BCUT2D eigenvalue weighted by molar-refractivity contribution is -0.124. The monoisotopic (exact) mass is 262 g/mol. The number of amides is 2. The predicted molar refractivity (Wildman–Crippen MR) is 64.1 cm³/mol. The van der Waals surface area contributed by atoms with Crippen molar-refractivity contribution in [1.82, 2.24) is 14.9 Å². The molecule has 8 heteroatoms. The van der Waals surface area contributed by atoms with Gasteiger partial charge in [-0.15, -0.1) is 0 Å². The maximum atomic E-state index is 12.0. The summed E-state index contributed by atoms with van der Waals surface area (Å²) >= 11 is 0. The lowest BCUT2D eigenvalue weighted by Crippen LogP contribution is -2.34. The van der Waals surface area contributed by atoms with Crippen LogP contribution in [0.1, 0.15) is 10.4 Å². The average molecular weight is 262 g/mol. The van der Waals surface area contributed by atoms with Gasteiger partial charge in [0.15, 0.2) is 6.61 Å². The highest BCUT2D eigenvalue weighted by Crippen LogP contribution is 1.97. The van der Waals surface area contributed by atoms with Crippen LogP contribution in [0.25, 0.3) is 5.65 Å². The molecule has 8 nitrogen and oxygen atoms in total. The second-order valence-electron chi connectivity index (χ2n) is 3.59. The number of fused-ring (bicyclic) bond motifs is 1. The Kier molecular flexibility index (Phi) is 3.53. The zero-order chi connectivity index (χ0) is 13.8. The fourth-order valence-corrected chi connectivity index (χ4v) is 1.41. The molecule has 0 saturated heterocycles. The van der Waals surface area contributed by atoms with E-state index in [2.05, 4.69) is 9.82 Å². The highest BCUT2D eigenvalue weighted by atomic mass is 16.7. The number of hydrogen-bond donors (Lipinski definition) is 2. The molecule has 2 amide bonds. The van der Waals surface area contributed by atoms with E-state index in [0.29, 0.717) is 5.65 Å². The molecule has 0 aromatic carbocycles. The van der Waals surface area contributed by atoms with Crippen LogP contribution in [0.5, 0.6) is 0 Å². The van der Waals surface area contributed by atoms with Gasteiger partial charge in [0.1, 0.15) is 11.2 Å². The molecule has 0 aliphatic rings. The molecule has 2 aromatic rings. The van der Waals surface area contributed by atoms with Crippen LogP contribution in [0.3, 0.4) is 0 Å². The van der Waals surface area contributed by atoms with Crippen LogP contribution in [0, 0.1) is 0 Å². The number of aromatic nitrogens is 2. The Labute approximate surface area is 106 Å². The number of carbonyl (C=O) groups is 2. The van der Waals surface area contributed by atoms with Gasteiger partial charge in [0.05, 0.1) is 0 Å². The van der Waals surface area contributed by atoms with Crippen molar-refractivity contribution in [2.45, 2.75) is 0 Å². The van der Waals surface area contributed by atoms with Crippen LogP contribution in [0.15, 0.2) is 35.4 Å². The van der Waals surface area contributed by atoms with E-state index in [1.807, 2.05) is 5.48 Å². The Balaban J connectivity index is 2.25. The van der Waals surface area contributed by atoms with Gasteiger partial charge in [-0.25, -0.2) is 10.5 Å². The molecule has 0 spiro atoms. The lowest BCUT2D eigenvalue weighted by atomic mass is 10.3. The minimum Gasteiger partial charge on any atom is -0.368 e. The number of nitrogens with two attached hydrogens (primary N) is 1. The quantitative estimate of drug-likeness (QED) is 0.674. The van der Waals surface area contributed by atoms with Crippen molar-refractivity contribution >= 4 is 17.5 Å². The van der Waals surface area contributed by atoms with E-state index in [-0.39, 0.29) is 5.56 Å². The molecule has 2 rings (SSSR count). The van der Waals surface area contributed by atoms with E-state index in [1.165, 1.54) is 10.6 Å². The number of pyridine rings is 1. The number of rotatable bonds is 4. The maximum absolute atomic E-state index is 12.0. The largest absolute Gasteiger partial charge is 0.368 e. The maximum Gasteiger partial charge on any atom is 0.282 e. The topological polar surface area (TPSA) is 116 Å². The number of primary amides is 1. The number of nitrogens with one attached hydrogen (secondary N) is 1. The van der Waals surface area contributed by atoms with Gasteiger partial charge in [-0.05, 0) is 12.1 Å². The van der Waals surface area contributed by atoms with Gasteiger partial charge < -0.3 is 5.73 Å². The molecular formula is C11H10N4O4. The smallest absolute Gasteiger partial charge is 0.282 e. The first-order chi connectivity index (χ1) is 9.09. The van der Waals surface area contributed by atoms with Gasteiger partial charge in [-0.3, -0.25) is 23.6 Å². The molecule has 98 valence electrons. The third kappa shape index (κ3) is 2.75. The van der Waals surface area contributed by atoms with Crippen LogP contribution >= 0.6 is 0 Å². The summed E-state index contributed by atoms with van der Waals surface area (Å²) in [6.07, 6.45) is 2.63. The van der Waals surface area contributed by atoms with E-state index in [1.54, 1.807) is 18.2 Å². The van der Waals surface area contributed by atoms with E-state index >= 15 is 0 Å². The Morgan fingerprint density at radius 1 is 1.42 bits per heavy atom. The molecule has 2 heterocycles. The fraction of sp³-hybridized carbons (Fsp3) is 0.0909. The van der Waals surface area contributed by atoms with E-state index < -0.39 is 24.0 Å². The second-order valence-corrected chi connectivity index (χ2v) is 3.59. The molecule has 19 heavy (non-hydrogen) atoms. The molecule has 2 aromatic heterocycles. The third-order valence-corrected chi connectivity index (χ3v) is 2.24. The number of nitrogens with zero attached hydrogens (tertiary/aromatic N) is 2. The summed E-state index contributed by atoms with van der Waals surface area (Å²) in [5, 5.41) is 0. The van der Waals surface area contributed by atoms with Gasteiger partial charge >= 0.3 is 0 Å². The number of carbonyl (C=O) groups excluding carboxylic acids is 2.